The summed E-state index contributed by atoms with van der Waals surface area (Å²) in [6.07, 6.45) is 5.22. The maximum Gasteiger partial charge on any atom is 0.192 e. The molecule has 1 aromatic heterocycles. The predicted molar refractivity (Wildman–Crippen MR) is 115 cm³/mol. The van der Waals surface area contributed by atoms with Gasteiger partial charge in [0.25, 0.3) is 0 Å². The molecular formula is C20H28INOSi. The van der Waals surface area contributed by atoms with Crippen LogP contribution >= 0.6 is 22.6 Å². The van der Waals surface area contributed by atoms with Crippen molar-refractivity contribution in [2.45, 2.75) is 58.4 Å². The van der Waals surface area contributed by atoms with E-state index in [1.54, 1.807) is 0 Å². The summed E-state index contributed by atoms with van der Waals surface area (Å²) in [5.41, 5.74) is 2.32. The second-order valence-electron chi connectivity index (χ2n) is 6.33. The highest BCUT2D eigenvalue weighted by molar-refractivity contribution is 14.1. The van der Waals surface area contributed by atoms with Crippen LogP contribution in [0.1, 0.15) is 45.8 Å². The number of allylic oxidation sites excluding steroid dienone is 1. The van der Waals surface area contributed by atoms with Gasteiger partial charge in [0.05, 0.1) is 11.6 Å². The number of hydrogen-bond acceptors (Lipinski definition) is 2. The van der Waals surface area contributed by atoms with Gasteiger partial charge >= 0.3 is 0 Å². The molecule has 0 saturated heterocycles. The Morgan fingerprint density at radius 1 is 1.21 bits per heavy atom. The Morgan fingerprint density at radius 2 is 1.92 bits per heavy atom. The quantitative estimate of drug-likeness (QED) is 0.316. The molecule has 1 heterocycles. The van der Waals surface area contributed by atoms with Crippen LogP contribution in [0, 0.1) is 0 Å². The van der Waals surface area contributed by atoms with E-state index in [1.165, 1.54) is 32.7 Å². The third-order valence-electron chi connectivity index (χ3n) is 4.94. The van der Waals surface area contributed by atoms with E-state index in [2.05, 4.69) is 85.6 Å². The minimum atomic E-state index is -1.65. The van der Waals surface area contributed by atoms with E-state index in [-0.39, 0.29) is 6.10 Å². The van der Waals surface area contributed by atoms with Crippen molar-refractivity contribution in [1.82, 2.24) is 4.98 Å². The molecule has 0 unspecified atom stereocenters. The monoisotopic (exact) mass is 453 g/mol. The molecule has 0 N–H and O–H groups in total. The Morgan fingerprint density at radius 3 is 2.54 bits per heavy atom. The lowest BCUT2D eigenvalue weighted by Gasteiger charge is -2.33. The van der Waals surface area contributed by atoms with Gasteiger partial charge in [-0.25, -0.2) is 0 Å². The summed E-state index contributed by atoms with van der Waals surface area (Å²) >= 11 is 2.38. The van der Waals surface area contributed by atoms with E-state index in [0.29, 0.717) is 0 Å². The van der Waals surface area contributed by atoms with E-state index in [0.717, 1.165) is 11.9 Å². The van der Waals surface area contributed by atoms with Crippen molar-refractivity contribution in [2.75, 3.05) is 0 Å². The van der Waals surface area contributed by atoms with Gasteiger partial charge in [0.15, 0.2) is 8.32 Å². The Kier molecular flexibility index (Phi) is 7.44. The van der Waals surface area contributed by atoms with Crippen molar-refractivity contribution in [2.24, 2.45) is 0 Å². The average molecular weight is 453 g/mol. The zero-order valence-electron chi connectivity index (χ0n) is 15.2. The molecule has 130 valence electrons. The van der Waals surface area contributed by atoms with Gasteiger partial charge in [-0.05, 0) is 81.4 Å². The van der Waals surface area contributed by atoms with Crippen LogP contribution < -0.4 is 0 Å². The average Bonchev–Trinajstić information content (AvgIpc) is 2.62. The predicted octanol–water partition coefficient (Wildman–Crippen LogP) is 7.03. The topological polar surface area (TPSA) is 22.1 Å². The van der Waals surface area contributed by atoms with E-state index in [1.807, 2.05) is 12.3 Å². The van der Waals surface area contributed by atoms with E-state index in [9.17, 15) is 0 Å². The highest BCUT2D eigenvalue weighted by Crippen LogP contribution is 2.33. The van der Waals surface area contributed by atoms with Gasteiger partial charge in [-0.1, -0.05) is 39.0 Å². The molecule has 24 heavy (non-hydrogen) atoms. The van der Waals surface area contributed by atoms with Crippen molar-refractivity contribution in [3.8, 4) is 0 Å². The number of fused-ring (bicyclic) bond motifs is 1. The fraction of sp³-hybridized carbons (Fsp3) is 0.450. The lowest BCUT2D eigenvalue weighted by Crippen LogP contribution is -2.37. The molecule has 0 saturated carbocycles. The number of hydrogen-bond donors (Lipinski definition) is 0. The van der Waals surface area contributed by atoms with Crippen molar-refractivity contribution in [3.63, 3.8) is 0 Å². The first-order chi connectivity index (χ1) is 11.5. The Balaban J connectivity index is 2.38. The highest BCUT2D eigenvalue weighted by atomic mass is 127. The number of nitrogens with zero attached hydrogens (tertiary/aromatic N) is 1. The maximum absolute atomic E-state index is 6.84. The van der Waals surface area contributed by atoms with Crippen LogP contribution in [0.25, 0.3) is 10.9 Å². The first kappa shape index (κ1) is 19.6. The van der Waals surface area contributed by atoms with Crippen LogP contribution in [-0.4, -0.2) is 13.3 Å². The molecule has 2 nitrogen and oxygen atoms in total. The molecular weight excluding hydrogens is 425 g/mol. The summed E-state index contributed by atoms with van der Waals surface area (Å²) in [5.74, 6) is 0. The first-order valence-electron chi connectivity index (χ1n) is 8.88. The molecule has 0 amide bonds. The summed E-state index contributed by atoms with van der Waals surface area (Å²) in [4.78, 5) is 4.43. The largest absolute Gasteiger partial charge is 0.410 e. The normalized spacial score (nSPS) is 14.1. The lowest BCUT2D eigenvalue weighted by atomic mass is 10.0. The molecule has 0 spiro atoms. The van der Waals surface area contributed by atoms with Gasteiger partial charge in [-0.2, -0.15) is 0 Å². The van der Waals surface area contributed by atoms with Crippen LogP contribution in [0.4, 0.5) is 0 Å². The molecule has 0 fully saturated rings. The highest BCUT2D eigenvalue weighted by Gasteiger charge is 2.32. The molecule has 0 bridgehead atoms. The van der Waals surface area contributed by atoms with Crippen molar-refractivity contribution in [1.29, 1.82) is 0 Å². The minimum Gasteiger partial charge on any atom is -0.410 e. The zero-order chi connectivity index (χ0) is 17.6. The third kappa shape index (κ3) is 4.89. The summed E-state index contributed by atoms with van der Waals surface area (Å²) in [7, 11) is -1.65. The fourth-order valence-electron chi connectivity index (χ4n) is 3.12. The van der Waals surface area contributed by atoms with Crippen LogP contribution in [0.15, 0.2) is 46.2 Å². The van der Waals surface area contributed by atoms with Crippen LogP contribution in [0.5, 0.6) is 0 Å². The minimum absolute atomic E-state index is 0.144. The van der Waals surface area contributed by atoms with Crippen molar-refractivity contribution < 1.29 is 4.43 Å². The van der Waals surface area contributed by atoms with Gasteiger partial charge < -0.3 is 4.43 Å². The Bertz CT molecular complexity index is 685. The van der Waals surface area contributed by atoms with Gasteiger partial charge in [-0.15, -0.1) is 0 Å². The molecule has 2 rings (SSSR count). The molecule has 0 aliphatic rings. The number of benzene rings is 1. The van der Waals surface area contributed by atoms with Crippen LogP contribution in [0.2, 0.25) is 18.1 Å². The first-order valence-corrected chi connectivity index (χ1v) is 12.5. The molecule has 0 radical (unpaired) electrons. The van der Waals surface area contributed by atoms with Gasteiger partial charge in [-0.3, -0.25) is 4.98 Å². The third-order valence-corrected chi connectivity index (χ3v) is 10.0. The van der Waals surface area contributed by atoms with Gasteiger partial charge in [0, 0.05) is 11.6 Å². The number of pyridine rings is 1. The summed E-state index contributed by atoms with van der Waals surface area (Å²) in [5, 5.41) is 1.19. The second-order valence-corrected chi connectivity index (χ2v) is 12.8. The molecule has 4 heteroatoms. The van der Waals surface area contributed by atoms with Crippen LogP contribution in [-0.2, 0) is 4.43 Å². The summed E-state index contributed by atoms with van der Waals surface area (Å²) in [6, 6.07) is 14.2. The SMILES string of the molecule is CC[Si](CC)(CC)O[C@@H](CC=C(C)I)c1ccc2ncccc2c1. The van der Waals surface area contributed by atoms with Gasteiger partial charge in [0.1, 0.15) is 0 Å². The van der Waals surface area contributed by atoms with E-state index in [4.69, 9.17) is 4.43 Å². The van der Waals surface area contributed by atoms with E-state index >= 15 is 0 Å². The lowest BCUT2D eigenvalue weighted by molar-refractivity contribution is 0.193. The Labute approximate surface area is 161 Å². The summed E-state index contributed by atoms with van der Waals surface area (Å²) < 4.78 is 8.16. The number of halogens is 1. The molecule has 0 aliphatic heterocycles. The molecule has 0 aliphatic carbocycles. The fourth-order valence-corrected chi connectivity index (χ4v) is 6.21. The molecule has 1 atom stereocenters. The number of rotatable bonds is 8. The maximum atomic E-state index is 6.84. The smallest absolute Gasteiger partial charge is 0.192 e. The van der Waals surface area contributed by atoms with E-state index < -0.39 is 8.32 Å². The van der Waals surface area contributed by atoms with Crippen molar-refractivity contribution >= 4 is 41.8 Å². The molecule has 2 aromatic rings. The van der Waals surface area contributed by atoms with Crippen molar-refractivity contribution in [3.05, 3.63) is 51.7 Å². The number of aromatic nitrogens is 1. The van der Waals surface area contributed by atoms with Gasteiger partial charge in [0.2, 0.25) is 0 Å². The Hall–Kier alpha value is -0.723. The second kappa shape index (κ2) is 9.11. The van der Waals surface area contributed by atoms with Crippen LogP contribution in [0.3, 0.4) is 0 Å². The summed E-state index contributed by atoms with van der Waals surface area (Å²) in [6.45, 7) is 9.02. The standard InChI is InChI=1S/C20H28INOSi/c1-5-24(6-2,7-3)23-20(13-10-16(4)21)18-11-12-19-17(15-18)9-8-14-22-19/h8-12,14-15,20H,5-7,13H2,1-4H3/t20-/m0/s1. The molecule has 1 aromatic carbocycles. The zero-order valence-corrected chi connectivity index (χ0v) is 18.3.